The van der Waals surface area contributed by atoms with Crippen LogP contribution in [-0.2, 0) is 21.6 Å². The summed E-state index contributed by atoms with van der Waals surface area (Å²) >= 11 is -1.94. The van der Waals surface area contributed by atoms with E-state index in [1.165, 1.54) is 0 Å². The Kier molecular flexibility index (Phi) is 6.11. The van der Waals surface area contributed by atoms with E-state index in [2.05, 4.69) is 33.1 Å². The maximum atomic E-state index is 11.3. The second-order valence-electron chi connectivity index (χ2n) is 8.53. The molecule has 4 aromatic heterocycles. The van der Waals surface area contributed by atoms with Crippen molar-refractivity contribution in [2.45, 2.75) is 32.6 Å². The fourth-order valence-electron chi connectivity index (χ4n) is 4.51. The molecule has 4 aromatic rings. The third-order valence-electron chi connectivity index (χ3n) is 6.13. The molecule has 1 unspecified atom stereocenters. The Labute approximate surface area is 199 Å². The number of morpholine rings is 1. The van der Waals surface area contributed by atoms with Gasteiger partial charge >= 0.3 is 0 Å². The fraction of sp³-hybridized carbons (Fsp3) is 0.333. The first-order valence-corrected chi connectivity index (χ1v) is 12.4. The number of nitrogens with one attached hydrogen (secondary N) is 1. The van der Waals surface area contributed by atoms with Gasteiger partial charge in [-0.25, -0.2) is 9.19 Å². The molecule has 0 aliphatic carbocycles. The van der Waals surface area contributed by atoms with Gasteiger partial charge < -0.3 is 14.2 Å². The second kappa shape index (κ2) is 9.21. The average molecular weight is 479 g/mol. The third-order valence-corrected chi connectivity index (χ3v) is 6.68. The standard InChI is InChI=1S/C24H26N6O3S/c1-14-11-25-23(20-6-7-26-29-20)24-22(14)19(10-21(28-24)30-8-9-33-12-15(30)2)18-5-4-17(13-34(31)32)27-16(18)3/h4-7,10-11,15H,8-9,12-13H2,1-3H3,(H,26,29)(H,31,32)/t15-/m1/s1. The number of aryl methyl sites for hydroxylation is 2. The van der Waals surface area contributed by atoms with E-state index in [4.69, 9.17) is 14.7 Å². The lowest BCUT2D eigenvalue weighted by Gasteiger charge is -2.35. The maximum Gasteiger partial charge on any atom is 0.158 e. The number of ether oxygens (including phenoxy) is 1. The number of hydrogen-bond donors (Lipinski definition) is 2. The SMILES string of the molecule is Cc1nc(CS(=O)O)ccc1-c1cc(N2CCOC[C@H]2C)nc2c(-c3ccn[nH]3)ncc(C)c12. The molecule has 1 fully saturated rings. The van der Waals surface area contributed by atoms with Crippen LogP contribution in [-0.4, -0.2) is 59.7 Å². The molecule has 0 spiro atoms. The van der Waals surface area contributed by atoms with E-state index in [0.717, 1.165) is 57.0 Å². The largest absolute Gasteiger partial charge is 0.377 e. The summed E-state index contributed by atoms with van der Waals surface area (Å²) in [4.78, 5) is 16.7. The number of aromatic nitrogens is 5. The zero-order valence-corrected chi connectivity index (χ0v) is 20.1. The molecule has 10 heteroatoms. The van der Waals surface area contributed by atoms with Gasteiger partial charge in [0.1, 0.15) is 17.0 Å². The van der Waals surface area contributed by atoms with Crippen molar-refractivity contribution in [2.24, 2.45) is 0 Å². The van der Waals surface area contributed by atoms with Gasteiger partial charge in [-0.3, -0.25) is 15.1 Å². The normalized spacial score (nSPS) is 17.3. The van der Waals surface area contributed by atoms with Crippen LogP contribution in [0.5, 0.6) is 0 Å². The topological polar surface area (TPSA) is 117 Å². The van der Waals surface area contributed by atoms with Crippen LogP contribution in [0.3, 0.4) is 0 Å². The van der Waals surface area contributed by atoms with Crippen LogP contribution >= 0.6 is 0 Å². The Hall–Kier alpha value is -3.21. The van der Waals surface area contributed by atoms with E-state index in [1.54, 1.807) is 6.20 Å². The maximum absolute atomic E-state index is 11.3. The van der Waals surface area contributed by atoms with E-state index < -0.39 is 11.1 Å². The van der Waals surface area contributed by atoms with Crippen molar-refractivity contribution in [1.29, 1.82) is 0 Å². The summed E-state index contributed by atoms with van der Waals surface area (Å²) in [5.74, 6) is 0.855. The highest BCUT2D eigenvalue weighted by molar-refractivity contribution is 7.78. The smallest absolute Gasteiger partial charge is 0.158 e. The summed E-state index contributed by atoms with van der Waals surface area (Å²) in [6, 6.07) is 7.97. The Morgan fingerprint density at radius 3 is 2.79 bits per heavy atom. The molecular weight excluding hydrogens is 452 g/mol. The van der Waals surface area contributed by atoms with E-state index in [1.807, 2.05) is 38.2 Å². The zero-order chi connectivity index (χ0) is 23.8. The van der Waals surface area contributed by atoms with E-state index >= 15 is 0 Å². The molecule has 1 aliphatic rings. The number of rotatable bonds is 5. The molecule has 2 atom stereocenters. The molecule has 0 saturated carbocycles. The van der Waals surface area contributed by atoms with Crippen LogP contribution in [0.2, 0.25) is 0 Å². The Bertz CT molecular complexity index is 1380. The van der Waals surface area contributed by atoms with Gasteiger partial charge in [-0.1, -0.05) is 6.07 Å². The lowest BCUT2D eigenvalue weighted by atomic mass is 9.96. The summed E-state index contributed by atoms with van der Waals surface area (Å²) in [5.41, 5.74) is 6.64. The minimum atomic E-state index is -1.94. The zero-order valence-electron chi connectivity index (χ0n) is 19.3. The van der Waals surface area contributed by atoms with Gasteiger partial charge in [0.05, 0.1) is 36.4 Å². The van der Waals surface area contributed by atoms with Crippen molar-refractivity contribution in [3.63, 3.8) is 0 Å². The molecule has 1 saturated heterocycles. The first-order chi connectivity index (χ1) is 16.4. The van der Waals surface area contributed by atoms with Crippen LogP contribution in [0.1, 0.15) is 23.9 Å². The average Bonchev–Trinajstić information content (AvgIpc) is 3.33. The van der Waals surface area contributed by atoms with Crippen molar-refractivity contribution >= 4 is 27.8 Å². The summed E-state index contributed by atoms with van der Waals surface area (Å²) in [5, 5.41) is 8.12. The predicted molar refractivity (Wildman–Crippen MR) is 132 cm³/mol. The van der Waals surface area contributed by atoms with Gasteiger partial charge in [0.2, 0.25) is 0 Å². The molecule has 1 aliphatic heterocycles. The summed E-state index contributed by atoms with van der Waals surface area (Å²) in [6.45, 7) is 8.12. The van der Waals surface area contributed by atoms with Gasteiger partial charge in [0.15, 0.2) is 11.1 Å². The monoisotopic (exact) mass is 478 g/mol. The minimum absolute atomic E-state index is 0.00166. The van der Waals surface area contributed by atoms with Gasteiger partial charge in [0, 0.05) is 35.6 Å². The van der Waals surface area contributed by atoms with Gasteiger partial charge in [-0.2, -0.15) is 5.10 Å². The molecular formula is C24H26N6O3S. The number of hydrogen-bond acceptors (Lipinski definition) is 7. The van der Waals surface area contributed by atoms with Crippen molar-refractivity contribution < 1.29 is 13.5 Å². The molecule has 2 N–H and O–H groups in total. The molecule has 0 bridgehead atoms. The van der Waals surface area contributed by atoms with Crippen LogP contribution in [0.4, 0.5) is 5.82 Å². The fourth-order valence-corrected chi connectivity index (χ4v) is 4.92. The highest BCUT2D eigenvalue weighted by atomic mass is 32.2. The number of fused-ring (bicyclic) bond motifs is 1. The Morgan fingerprint density at radius 2 is 2.09 bits per heavy atom. The van der Waals surface area contributed by atoms with E-state index in [9.17, 15) is 8.76 Å². The van der Waals surface area contributed by atoms with E-state index in [0.29, 0.717) is 18.9 Å². The molecule has 0 radical (unpaired) electrons. The summed E-state index contributed by atoms with van der Waals surface area (Å²) in [7, 11) is 0. The number of pyridine rings is 3. The van der Waals surface area contributed by atoms with Crippen molar-refractivity contribution in [2.75, 3.05) is 24.7 Å². The molecule has 5 heterocycles. The predicted octanol–water partition coefficient (Wildman–Crippen LogP) is 3.65. The molecule has 176 valence electrons. The second-order valence-corrected chi connectivity index (χ2v) is 9.46. The minimum Gasteiger partial charge on any atom is -0.377 e. The summed E-state index contributed by atoms with van der Waals surface area (Å²) < 4.78 is 26.2. The lowest BCUT2D eigenvalue weighted by molar-refractivity contribution is 0.0986. The van der Waals surface area contributed by atoms with Gasteiger partial charge in [-0.15, -0.1) is 0 Å². The first kappa shape index (κ1) is 22.6. The van der Waals surface area contributed by atoms with Gasteiger partial charge in [-0.05, 0) is 50.1 Å². The number of anilines is 1. The van der Waals surface area contributed by atoms with Crippen LogP contribution in [0, 0.1) is 13.8 Å². The van der Waals surface area contributed by atoms with Crippen molar-refractivity contribution in [3.8, 4) is 22.5 Å². The van der Waals surface area contributed by atoms with Crippen LogP contribution < -0.4 is 4.90 Å². The number of H-pyrrole nitrogens is 1. The molecule has 0 aromatic carbocycles. The summed E-state index contributed by atoms with van der Waals surface area (Å²) in [6.07, 6.45) is 3.56. The van der Waals surface area contributed by atoms with Crippen molar-refractivity contribution in [1.82, 2.24) is 25.1 Å². The Balaban J connectivity index is 1.78. The quantitative estimate of drug-likeness (QED) is 0.418. The number of aromatic amines is 1. The molecule has 9 nitrogen and oxygen atoms in total. The van der Waals surface area contributed by atoms with E-state index in [-0.39, 0.29) is 11.8 Å². The Morgan fingerprint density at radius 1 is 1.24 bits per heavy atom. The molecule has 34 heavy (non-hydrogen) atoms. The highest BCUT2D eigenvalue weighted by Gasteiger charge is 2.24. The molecule has 0 amide bonds. The van der Waals surface area contributed by atoms with Crippen molar-refractivity contribution in [3.05, 3.63) is 53.6 Å². The number of nitrogens with zero attached hydrogens (tertiary/aromatic N) is 5. The van der Waals surface area contributed by atoms with Crippen LogP contribution in [0.15, 0.2) is 36.7 Å². The van der Waals surface area contributed by atoms with Crippen LogP contribution in [0.25, 0.3) is 33.4 Å². The first-order valence-electron chi connectivity index (χ1n) is 11.1. The third kappa shape index (κ3) is 4.20. The highest BCUT2D eigenvalue weighted by Crippen LogP contribution is 2.38. The van der Waals surface area contributed by atoms with Gasteiger partial charge in [0.25, 0.3) is 0 Å². The molecule has 5 rings (SSSR count). The lowest BCUT2D eigenvalue weighted by Crippen LogP contribution is -2.44.